The summed E-state index contributed by atoms with van der Waals surface area (Å²) in [5.74, 6) is -1.45. The molecule has 0 aromatic rings. The van der Waals surface area contributed by atoms with Crippen molar-refractivity contribution in [1.82, 2.24) is 0 Å². The third-order valence-corrected chi connectivity index (χ3v) is 8.11. The Morgan fingerprint density at radius 1 is 0.833 bits per heavy atom. The van der Waals surface area contributed by atoms with Crippen molar-refractivity contribution in [1.29, 1.82) is 0 Å². The molecule has 2 aliphatic rings. The van der Waals surface area contributed by atoms with E-state index in [9.17, 15) is 14.4 Å². The highest BCUT2D eigenvalue weighted by molar-refractivity contribution is 5.92. The third kappa shape index (κ3) is 10.9. The van der Waals surface area contributed by atoms with Gasteiger partial charge in [-0.05, 0) is 32.1 Å². The van der Waals surface area contributed by atoms with Crippen LogP contribution in [0.4, 0.5) is 0 Å². The van der Waals surface area contributed by atoms with Crippen LogP contribution >= 0.6 is 0 Å². The Hall–Kier alpha value is -1.43. The fourth-order valence-electron chi connectivity index (χ4n) is 5.76. The fraction of sp³-hybridized carbons (Fsp3) is 0.900. The molecule has 5 atom stereocenters. The minimum Gasteiger partial charge on any atom is -0.462 e. The number of nitrogens with two attached hydrogens (primary N) is 1. The normalized spacial score (nSPS) is 24.8. The standard InChI is InChI=1S/C30H53NO5/c1-3-5-7-9-10-11-12-13-14-18-23(22-27-28(32)26(36-27)21-15-8-6-4-2)35-30(34)25-20-17-16-19-24(25)29(31)33/h23-27H,3-22H2,1-2H3,(H2,31,33). The molecule has 0 spiro atoms. The van der Waals surface area contributed by atoms with Crippen molar-refractivity contribution in [2.45, 2.75) is 161 Å². The van der Waals surface area contributed by atoms with Crippen LogP contribution < -0.4 is 5.73 Å². The number of unbranched alkanes of at least 4 members (excludes halogenated alkanes) is 11. The second-order valence-electron chi connectivity index (χ2n) is 11.2. The van der Waals surface area contributed by atoms with Crippen LogP contribution in [-0.4, -0.2) is 36.0 Å². The molecular formula is C30H53NO5. The quantitative estimate of drug-likeness (QED) is 0.144. The molecule has 1 saturated heterocycles. The number of ketones is 1. The second-order valence-corrected chi connectivity index (χ2v) is 11.2. The highest BCUT2D eigenvalue weighted by atomic mass is 16.6. The topological polar surface area (TPSA) is 95.7 Å². The van der Waals surface area contributed by atoms with Gasteiger partial charge < -0.3 is 15.2 Å². The number of hydrogen-bond donors (Lipinski definition) is 1. The van der Waals surface area contributed by atoms with Crippen molar-refractivity contribution in [2.75, 3.05) is 0 Å². The summed E-state index contributed by atoms with van der Waals surface area (Å²) < 4.78 is 11.9. The lowest BCUT2D eigenvalue weighted by Gasteiger charge is -2.36. The second kappa shape index (κ2) is 17.9. The Labute approximate surface area is 219 Å². The van der Waals surface area contributed by atoms with E-state index >= 15 is 0 Å². The van der Waals surface area contributed by atoms with Gasteiger partial charge in [0.15, 0.2) is 5.78 Å². The van der Waals surface area contributed by atoms with Gasteiger partial charge in [0.1, 0.15) is 18.3 Å². The van der Waals surface area contributed by atoms with Crippen LogP contribution in [-0.2, 0) is 23.9 Å². The summed E-state index contributed by atoms with van der Waals surface area (Å²) in [5.41, 5.74) is 5.58. The van der Waals surface area contributed by atoms with E-state index in [1.54, 1.807) is 0 Å². The zero-order valence-corrected chi connectivity index (χ0v) is 23.1. The van der Waals surface area contributed by atoms with Gasteiger partial charge in [-0.15, -0.1) is 0 Å². The number of hydrogen-bond acceptors (Lipinski definition) is 5. The molecule has 208 valence electrons. The molecule has 1 heterocycles. The summed E-state index contributed by atoms with van der Waals surface area (Å²) in [6, 6.07) is 0. The summed E-state index contributed by atoms with van der Waals surface area (Å²) in [7, 11) is 0. The van der Waals surface area contributed by atoms with Crippen molar-refractivity contribution < 1.29 is 23.9 Å². The average molecular weight is 508 g/mol. The summed E-state index contributed by atoms with van der Waals surface area (Å²) in [4.78, 5) is 37.7. The molecule has 1 amide bonds. The van der Waals surface area contributed by atoms with Gasteiger partial charge >= 0.3 is 5.97 Å². The lowest BCUT2D eigenvalue weighted by Crippen LogP contribution is -2.51. The average Bonchev–Trinajstić information content (AvgIpc) is 2.88. The molecule has 1 aliphatic heterocycles. The number of Topliss-reactive ketones (excluding diaryl/α,β-unsaturated/α-hetero) is 1. The van der Waals surface area contributed by atoms with Crippen molar-refractivity contribution in [3.63, 3.8) is 0 Å². The molecule has 0 radical (unpaired) electrons. The highest BCUT2D eigenvalue weighted by Crippen LogP contribution is 2.33. The largest absolute Gasteiger partial charge is 0.462 e. The SMILES string of the molecule is CCCCCCCCCCCC(CC1OC(CCCCCC)C1=O)OC(=O)C1CCCCC1C(N)=O. The monoisotopic (exact) mass is 507 g/mol. The molecule has 6 nitrogen and oxygen atoms in total. The Morgan fingerprint density at radius 3 is 1.97 bits per heavy atom. The van der Waals surface area contributed by atoms with E-state index in [1.165, 1.54) is 57.8 Å². The van der Waals surface area contributed by atoms with Gasteiger partial charge in [0.25, 0.3) is 0 Å². The maximum absolute atomic E-state index is 13.1. The fourth-order valence-corrected chi connectivity index (χ4v) is 5.76. The number of carbonyl (C=O) groups is 3. The van der Waals surface area contributed by atoms with Gasteiger partial charge in [-0.25, -0.2) is 0 Å². The van der Waals surface area contributed by atoms with Crippen LogP contribution in [0.25, 0.3) is 0 Å². The van der Waals surface area contributed by atoms with E-state index in [-0.39, 0.29) is 24.0 Å². The zero-order valence-electron chi connectivity index (χ0n) is 23.1. The van der Waals surface area contributed by atoms with Crippen molar-refractivity contribution in [3.05, 3.63) is 0 Å². The first-order valence-corrected chi connectivity index (χ1v) is 15.2. The van der Waals surface area contributed by atoms with Crippen LogP contribution in [0.1, 0.15) is 142 Å². The molecule has 2 rings (SSSR count). The van der Waals surface area contributed by atoms with Gasteiger partial charge in [0.2, 0.25) is 5.91 Å². The molecule has 0 aromatic heterocycles. The first-order chi connectivity index (χ1) is 17.5. The molecule has 1 aliphatic carbocycles. The van der Waals surface area contributed by atoms with Crippen LogP contribution in [0.5, 0.6) is 0 Å². The zero-order chi connectivity index (χ0) is 26.2. The molecular weight excluding hydrogens is 454 g/mol. The first-order valence-electron chi connectivity index (χ1n) is 15.2. The van der Waals surface area contributed by atoms with Crippen molar-refractivity contribution in [3.8, 4) is 0 Å². The Bertz CT molecular complexity index is 651. The van der Waals surface area contributed by atoms with E-state index < -0.39 is 23.8 Å². The van der Waals surface area contributed by atoms with Crippen LogP contribution in [0.2, 0.25) is 0 Å². The molecule has 0 bridgehead atoms. The summed E-state index contributed by atoms with van der Waals surface area (Å²) in [6.45, 7) is 4.41. The highest BCUT2D eigenvalue weighted by Gasteiger charge is 2.42. The summed E-state index contributed by atoms with van der Waals surface area (Å²) in [6.07, 6.45) is 19.6. The predicted octanol–water partition coefficient (Wildman–Crippen LogP) is 6.81. The van der Waals surface area contributed by atoms with Gasteiger partial charge in [-0.3, -0.25) is 14.4 Å². The van der Waals surface area contributed by atoms with Crippen molar-refractivity contribution >= 4 is 17.7 Å². The first kappa shape index (κ1) is 30.8. The van der Waals surface area contributed by atoms with E-state index in [2.05, 4.69) is 13.8 Å². The van der Waals surface area contributed by atoms with Crippen LogP contribution in [0, 0.1) is 11.8 Å². The number of amides is 1. The molecule has 5 unspecified atom stereocenters. The van der Waals surface area contributed by atoms with Gasteiger partial charge in [-0.1, -0.05) is 104 Å². The molecule has 36 heavy (non-hydrogen) atoms. The Kier molecular flexibility index (Phi) is 15.3. The Balaban J connectivity index is 1.81. The maximum atomic E-state index is 13.1. The lowest BCUT2D eigenvalue weighted by atomic mass is 9.79. The van der Waals surface area contributed by atoms with E-state index in [1.807, 2.05) is 0 Å². The smallest absolute Gasteiger partial charge is 0.310 e. The maximum Gasteiger partial charge on any atom is 0.310 e. The summed E-state index contributed by atoms with van der Waals surface area (Å²) >= 11 is 0. The van der Waals surface area contributed by atoms with Gasteiger partial charge in [-0.2, -0.15) is 0 Å². The number of rotatable bonds is 20. The Morgan fingerprint density at radius 2 is 1.39 bits per heavy atom. The third-order valence-electron chi connectivity index (χ3n) is 8.11. The number of primary amides is 1. The molecule has 0 aromatic carbocycles. The molecule has 2 N–H and O–H groups in total. The van der Waals surface area contributed by atoms with Gasteiger partial charge in [0.05, 0.1) is 11.8 Å². The number of ether oxygens (including phenoxy) is 2. The molecule has 2 fully saturated rings. The van der Waals surface area contributed by atoms with Crippen molar-refractivity contribution in [2.24, 2.45) is 17.6 Å². The number of carbonyl (C=O) groups excluding carboxylic acids is 3. The van der Waals surface area contributed by atoms with Gasteiger partial charge in [0, 0.05) is 6.42 Å². The van der Waals surface area contributed by atoms with E-state index in [4.69, 9.17) is 15.2 Å². The summed E-state index contributed by atoms with van der Waals surface area (Å²) in [5, 5.41) is 0. The minimum absolute atomic E-state index is 0.160. The van der Waals surface area contributed by atoms with Crippen LogP contribution in [0.15, 0.2) is 0 Å². The number of esters is 1. The minimum atomic E-state index is -0.462. The lowest BCUT2D eigenvalue weighted by molar-refractivity contribution is -0.182. The molecule has 6 heteroatoms. The predicted molar refractivity (Wildman–Crippen MR) is 143 cm³/mol. The van der Waals surface area contributed by atoms with E-state index in [0.29, 0.717) is 19.3 Å². The van der Waals surface area contributed by atoms with E-state index in [0.717, 1.165) is 51.4 Å². The van der Waals surface area contributed by atoms with Crippen LogP contribution in [0.3, 0.4) is 0 Å². The molecule has 1 saturated carbocycles.